The van der Waals surface area contributed by atoms with Crippen molar-refractivity contribution in [3.05, 3.63) is 94.6 Å². The molecule has 0 saturated carbocycles. The molecular formula is C24H15IS. The van der Waals surface area contributed by atoms with Gasteiger partial charge in [-0.2, -0.15) is 0 Å². The Morgan fingerprint density at radius 2 is 1.12 bits per heavy atom. The lowest BCUT2D eigenvalue weighted by Gasteiger charge is -2.04. The van der Waals surface area contributed by atoms with Crippen molar-refractivity contribution < 1.29 is 0 Å². The van der Waals surface area contributed by atoms with E-state index in [0.29, 0.717) is 0 Å². The highest BCUT2D eigenvalue weighted by atomic mass is 127. The van der Waals surface area contributed by atoms with Crippen LogP contribution in [0, 0.1) is 3.57 Å². The standard InChI is InChI=1S/C24H15IS/c25-18-10-4-9-17(15-18)20-12-6-14-22-21-13-5-11-19(23(21)26-24(20)22)16-7-2-1-3-8-16/h1-15H. The molecule has 0 aliphatic carbocycles. The summed E-state index contributed by atoms with van der Waals surface area (Å²) in [5.41, 5.74) is 5.20. The normalized spacial score (nSPS) is 11.3. The third-order valence-corrected chi connectivity index (χ3v) is 6.70. The van der Waals surface area contributed by atoms with Gasteiger partial charge in [-0.15, -0.1) is 11.3 Å². The molecule has 0 atom stereocenters. The number of benzene rings is 4. The second-order valence-electron chi connectivity index (χ2n) is 6.34. The van der Waals surface area contributed by atoms with Gasteiger partial charge < -0.3 is 0 Å². The minimum Gasteiger partial charge on any atom is -0.134 e. The minimum atomic E-state index is 1.27. The molecule has 1 heterocycles. The van der Waals surface area contributed by atoms with Gasteiger partial charge in [-0.25, -0.2) is 0 Å². The lowest BCUT2D eigenvalue weighted by molar-refractivity contribution is 1.62. The first kappa shape index (κ1) is 16.0. The Bertz CT molecular complexity index is 1240. The van der Waals surface area contributed by atoms with Gasteiger partial charge in [-0.05, 0) is 57.0 Å². The summed E-state index contributed by atoms with van der Waals surface area (Å²) in [5.74, 6) is 0. The lowest BCUT2D eigenvalue weighted by atomic mass is 10.0. The van der Waals surface area contributed by atoms with Crippen LogP contribution >= 0.6 is 33.9 Å². The van der Waals surface area contributed by atoms with Crippen LogP contribution in [-0.2, 0) is 0 Å². The van der Waals surface area contributed by atoms with Gasteiger partial charge in [0, 0.05) is 23.7 Å². The van der Waals surface area contributed by atoms with Crippen molar-refractivity contribution in [2.45, 2.75) is 0 Å². The number of rotatable bonds is 2. The first-order chi connectivity index (χ1) is 12.8. The molecule has 5 aromatic rings. The van der Waals surface area contributed by atoms with Crippen molar-refractivity contribution in [1.29, 1.82) is 0 Å². The maximum absolute atomic E-state index is 2.39. The fraction of sp³-hybridized carbons (Fsp3) is 0. The Kier molecular flexibility index (Phi) is 4.03. The van der Waals surface area contributed by atoms with E-state index in [1.165, 1.54) is 46.0 Å². The number of hydrogen-bond acceptors (Lipinski definition) is 1. The highest BCUT2D eigenvalue weighted by molar-refractivity contribution is 14.1. The van der Waals surface area contributed by atoms with E-state index in [1.54, 1.807) is 0 Å². The largest absolute Gasteiger partial charge is 0.134 e. The minimum absolute atomic E-state index is 1.27. The summed E-state index contributed by atoms with van der Waals surface area (Å²) < 4.78 is 4.00. The molecule has 26 heavy (non-hydrogen) atoms. The zero-order valence-corrected chi connectivity index (χ0v) is 16.9. The van der Waals surface area contributed by atoms with E-state index >= 15 is 0 Å². The van der Waals surface area contributed by atoms with Crippen LogP contribution in [0.2, 0.25) is 0 Å². The Morgan fingerprint density at radius 1 is 0.538 bits per heavy atom. The average molecular weight is 462 g/mol. The van der Waals surface area contributed by atoms with Gasteiger partial charge in [0.25, 0.3) is 0 Å². The molecule has 0 bridgehead atoms. The molecule has 0 nitrogen and oxygen atoms in total. The third kappa shape index (κ3) is 2.65. The van der Waals surface area contributed by atoms with E-state index < -0.39 is 0 Å². The van der Waals surface area contributed by atoms with Crippen molar-refractivity contribution in [1.82, 2.24) is 0 Å². The van der Waals surface area contributed by atoms with Crippen molar-refractivity contribution in [2.24, 2.45) is 0 Å². The molecule has 0 amide bonds. The SMILES string of the molecule is Ic1cccc(-c2cccc3c2sc2c(-c4ccccc4)cccc23)c1. The van der Waals surface area contributed by atoms with Gasteiger partial charge in [-0.3, -0.25) is 0 Å². The molecule has 0 saturated heterocycles. The smallest absolute Gasteiger partial charge is 0.0434 e. The number of thiophene rings is 1. The summed E-state index contributed by atoms with van der Waals surface area (Å²) in [6.07, 6.45) is 0. The van der Waals surface area contributed by atoms with Crippen molar-refractivity contribution in [3.63, 3.8) is 0 Å². The van der Waals surface area contributed by atoms with Gasteiger partial charge in [0.2, 0.25) is 0 Å². The molecule has 5 rings (SSSR count). The van der Waals surface area contributed by atoms with Gasteiger partial charge in [0.1, 0.15) is 0 Å². The van der Waals surface area contributed by atoms with E-state index in [1.807, 2.05) is 11.3 Å². The number of hydrogen-bond donors (Lipinski definition) is 0. The highest BCUT2D eigenvalue weighted by Crippen LogP contribution is 2.43. The summed E-state index contributed by atoms with van der Waals surface area (Å²) in [5, 5.41) is 2.69. The summed E-state index contributed by atoms with van der Waals surface area (Å²) >= 11 is 4.29. The van der Waals surface area contributed by atoms with E-state index in [4.69, 9.17) is 0 Å². The Morgan fingerprint density at radius 3 is 1.77 bits per heavy atom. The van der Waals surface area contributed by atoms with Crippen LogP contribution in [0.25, 0.3) is 42.4 Å². The van der Waals surface area contributed by atoms with Gasteiger partial charge in [0.05, 0.1) is 0 Å². The molecular weight excluding hydrogens is 447 g/mol. The zero-order chi connectivity index (χ0) is 17.5. The molecule has 0 N–H and O–H groups in total. The average Bonchev–Trinajstić information content (AvgIpc) is 3.07. The first-order valence-corrected chi connectivity index (χ1v) is 10.5. The maximum Gasteiger partial charge on any atom is 0.0434 e. The monoisotopic (exact) mass is 462 g/mol. The van der Waals surface area contributed by atoms with Crippen LogP contribution in [0.3, 0.4) is 0 Å². The zero-order valence-electron chi connectivity index (χ0n) is 13.9. The van der Waals surface area contributed by atoms with Crippen LogP contribution in [0.1, 0.15) is 0 Å². The van der Waals surface area contributed by atoms with Crippen molar-refractivity contribution in [3.8, 4) is 22.3 Å². The highest BCUT2D eigenvalue weighted by Gasteiger charge is 2.13. The quantitative estimate of drug-likeness (QED) is 0.233. The molecule has 1 aromatic heterocycles. The van der Waals surface area contributed by atoms with Gasteiger partial charge in [0.15, 0.2) is 0 Å². The molecule has 4 aromatic carbocycles. The molecule has 0 unspecified atom stereocenters. The summed E-state index contributed by atoms with van der Waals surface area (Å²) in [6.45, 7) is 0. The molecule has 2 heteroatoms. The van der Waals surface area contributed by atoms with Crippen molar-refractivity contribution >= 4 is 54.1 Å². The van der Waals surface area contributed by atoms with E-state index in [2.05, 4.69) is 114 Å². The van der Waals surface area contributed by atoms with Crippen LogP contribution in [-0.4, -0.2) is 0 Å². The van der Waals surface area contributed by atoms with Crippen LogP contribution in [0.4, 0.5) is 0 Å². The second-order valence-corrected chi connectivity index (χ2v) is 8.61. The van der Waals surface area contributed by atoms with Gasteiger partial charge in [-0.1, -0.05) is 78.9 Å². The number of fused-ring (bicyclic) bond motifs is 3. The van der Waals surface area contributed by atoms with Gasteiger partial charge >= 0.3 is 0 Å². The number of halogens is 1. The van der Waals surface area contributed by atoms with Crippen LogP contribution < -0.4 is 0 Å². The molecule has 0 spiro atoms. The second kappa shape index (κ2) is 6.53. The summed E-state index contributed by atoms with van der Waals surface area (Å²) in [4.78, 5) is 0. The maximum atomic E-state index is 2.39. The predicted octanol–water partition coefficient (Wildman–Crippen LogP) is 7.99. The topological polar surface area (TPSA) is 0 Å². The van der Waals surface area contributed by atoms with E-state index in [9.17, 15) is 0 Å². The molecule has 0 radical (unpaired) electrons. The summed E-state index contributed by atoms with van der Waals surface area (Å²) in [6, 6.07) is 32.8. The third-order valence-electron chi connectivity index (χ3n) is 4.74. The molecule has 0 fully saturated rings. The lowest BCUT2D eigenvalue weighted by Crippen LogP contribution is -1.79. The molecule has 0 aliphatic heterocycles. The molecule has 124 valence electrons. The van der Waals surface area contributed by atoms with Crippen LogP contribution in [0.15, 0.2) is 91.0 Å². The fourth-order valence-corrected chi connectivity index (χ4v) is 5.46. The first-order valence-electron chi connectivity index (χ1n) is 8.57. The molecule has 0 aliphatic rings. The Hall–Kier alpha value is -2.17. The van der Waals surface area contributed by atoms with E-state index in [-0.39, 0.29) is 0 Å². The van der Waals surface area contributed by atoms with E-state index in [0.717, 1.165) is 0 Å². The Labute approximate surface area is 170 Å². The van der Waals surface area contributed by atoms with Crippen LogP contribution in [0.5, 0.6) is 0 Å². The fourth-order valence-electron chi connectivity index (χ4n) is 3.55. The predicted molar refractivity (Wildman–Crippen MR) is 123 cm³/mol. The van der Waals surface area contributed by atoms with Crippen molar-refractivity contribution in [2.75, 3.05) is 0 Å². The Balaban J connectivity index is 1.84. The summed E-state index contributed by atoms with van der Waals surface area (Å²) in [7, 11) is 0.